The minimum atomic E-state index is -3.69. The Morgan fingerprint density at radius 2 is 1.81 bits per heavy atom. The molecule has 0 spiro atoms. The summed E-state index contributed by atoms with van der Waals surface area (Å²) < 4.78 is 29.6. The van der Waals surface area contributed by atoms with Gasteiger partial charge in [-0.1, -0.05) is 40.2 Å². The molecular weight excluding hydrogens is 452 g/mol. The van der Waals surface area contributed by atoms with Crippen LogP contribution in [0.3, 0.4) is 0 Å². The molecule has 142 valence electrons. The van der Waals surface area contributed by atoms with Crippen molar-refractivity contribution < 1.29 is 17.4 Å². The van der Waals surface area contributed by atoms with Gasteiger partial charge in [0, 0.05) is 11.5 Å². The van der Waals surface area contributed by atoms with Crippen molar-refractivity contribution in [2.45, 2.75) is 12.5 Å². The van der Waals surface area contributed by atoms with Crippen molar-refractivity contribution in [3.8, 4) is 5.75 Å². The number of carbonyl (C=O) groups excluding carboxylic acids is 1. The highest BCUT2D eigenvalue weighted by Gasteiger charge is 2.52. The molecule has 1 unspecified atom stereocenters. The second-order valence-electron chi connectivity index (χ2n) is 6.00. The minimum absolute atomic E-state index is 0.141. The van der Waals surface area contributed by atoms with Gasteiger partial charge in [-0.3, -0.25) is 4.79 Å². The van der Waals surface area contributed by atoms with E-state index in [1.165, 1.54) is 13.0 Å². The predicted octanol–water partition coefficient (Wildman–Crippen LogP) is 2.77. The zero-order valence-electron chi connectivity index (χ0n) is 14.6. The summed E-state index contributed by atoms with van der Waals surface area (Å²) in [4.78, 5) is 14.7. The molecule has 2 aromatic carbocycles. The molecule has 1 amide bonds. The summed E-state index contributed by atoms with van der Waals surface area (Å²) in [6.45, 7) is 1.50. The fourth-order valence-electron chi connectivity index (χ4n) is 3.08. The topological polar surface area (TPSA) is 75.7 Å². The summed E-state index contributed by atoms with van der Waals surface area (Å²) in [6.07, 6.45) is 0. The normalized spacial score (nSPS) is 19.9. The lowest BCUT2D eigenvalue weighted by atomic mass is 9.81. The maximum Gasteiger partial charge on any atom is 0.308 e. The molecule has 2 aromatic rings. The summed E-state index contributed by atoms with van der Waals surface area (Å²) in [7, 11) is -1.97. The molecule has 1 atom stereocenters. The number of nitrogens with one attached hydrogen (secondary N) is 1. The first-order valence-corrected chi connectivity index (χ1v) is 10.9. The van der Waals surface area contributed by atoms with Crippen LogP contribution in [0, 0.1) is 0 Å². The number of hydrogen-bond donors (Lipinski definition) is 1. The molecule has 0 bridgehead atoms. The van der Waals surface area contributed by atoms with E-state index < -0.39 is 15.7 Å². The molecule has 1 aliphatic heterocycles. The first kappa shape index (κ1) is 19.8. The highest BCUT2D eigenvalue weighted by molar-refractivity contribution is 9.10. The maximum atomic E-state index is 13.1. The maximum absolute atomic E-state index is 13.1. The Bertz CT molecular complexity index is 1030. The van der Waals surface area contributed by atoms with Crippen LogP contribution in [0.4, 0.5) is 0 Å². The van der Waals surface area contributed by atoms with Crippen LogP contribution in [0.2, 0.25) is 0 Å². The van der Waals surface area contributed by atoms with Crippen LogP contribution in [0.15, 0.2) is 53.0 Å². The molecule has 9 heteroatoms. The van der Waals surface area contributed by atoms with E-state index in [1.807, 2.05) is 24.3 Å². The van der Waals surface area contributed by atoms with Gasteiger partial charge in [0.2, 0.25) is 0 Å². The van der Waals surface area contributed by atoms with Crippen LogP contribution >= 0.6 is 28.1 Å². The van der Waals surface area contributed by atoms with E-state index in [0.717, 1.165) is 4.47 Å². The Kier molecular flexibility index (Phi) is 5.29. The summed E-state index contributed by atoms with van der Waals surface area (Å²) in [5.74, 6) is -0.329. The summed E-state index contributed by atoms with van der Waals surface area (Å²) >= 11 is 8.73. The molecule has 27 heavy (non-hydrogen) atoms. The quantitative estimate of drug-likeness (QED) is 0.536. The van der Waals surface area contributed by atoms with E-state index in [9.17, 15) is 13.2 Å². The minimum Gasteiger partial charge on any atom is -0.382 e. The van der Waals surface area contributed by atoms with E-state index in [4.69, 9.17) is 16.4 Å². The first-order valence-electron chi connectivity index (χ1n) is 8.08. The molecular formula is C18H17BrN2O4S2. The zero-order chi connectivity index (χ0) is 19.8. The lowest BCUT2D eigenvalue weighted by Crippen LogP contribution is -2.45. The van der Waals surface area contributed by atoms with Gasteiger partial charge in [0.1, 0.15) is 5.75 Å². The molecule has 0 aromatic heterocycles. The second-order valence-corrected chi connectivity index (χ2v) is 9.16. The SMILES string of the molecule is CCS(=O)(=O)Oc1cccc(C2(c3cccc(Br)c3)C(=O)NC(=S)N2C)c1. The van der Waals surface area contributed by atoms with Gasteiger partial charge in [0.05, 0.1) is 5.75 Å². The average Bonchev–Trinajstić information content (AvgIpc) is 2.84. The number of thiocarbonyl (C=S) groups is 1. The molecule has 6 nitrogen and oxygen atoms in total. The Morgan fingerprint density at radius 3 is 2.37 bits per heavy atom. The monoisotopic (exact) mass is 468 g/mol. The average molecular weight is 469 g/mol. The predicted molar refractivity (Wildman–Crippen MR) is 110 cm³/mol. The summed E-state index contributed by atoms with van der Waals surface area (Å²) in [5, 5.41) is 2.98. The molecule has 0 saturated carbocycles. The fraction of sp³-hybridized carbons (Fsp3) is 0.222. The molecule has 1 aliphatic rings. The van der Waals surface area contributed by atoms with Crippen molar-refractivity contribution in [2.75, 3.05) is 12.8 Å². The van der Waals surface area contributed by atoms with Crippen LogP contribution in [-0.2, 0) is 20.5 Å². The molecule has 1 saturated heterocycles. The van der Waals surface area contributed by atoms with Gasteiger partial charge in [-0.2, -0.15) is 8.42 Å². The van der Waals surface area contributed by atoms with Crippen molar-refractivity contribution >= 4 is 49.3 Å². The molecule has 0 aliphatic carbocycles. The van der Waals surface area contributed by atoms with E-state index in [2.05, 4.69) is 21.2 Å². The number of nitrogens with zero attached hydrogens (tertiary/aromatic N) is 1. The third-order valence-corrected chi connectivity index (χ3v) is 6.45. The Balaban J connectivity index is 2.22. The summed E-state index contributed by atoms with van der Waals surface area (Å²) in [6, 6.07) is 13.8. The lowest BCUT2D eigenvalue weighted by Gasteiger charge is -2.35. The Labute approximate surface area is 171 Å². The molecule has 1 heterocycles. The van der Waals surface area contributed by atoms with E-state index in [0.29, 0.717) is 11.1 Å². The molecule has 0 radical (unpaired) electrons. The van der Waals surface area contributed by atoms with Gasteiger partial charge in [-0.15, -0.1) is 0 Å². The van der Waals surface area contributed by atoms with Gasteiger partial charge in [-0.25, -0.2) is 0 Å². The van der Waals surface area contributed by atoms with Crippen molar-refractivity contribution in [2.24, 2.45) is 0 Å². The highest BCUT2D eigenvalue weighted by Crippen LogP contribution is 2.40. The van der Waals surface area contributed by atoms with Crippen LogP contribution < -0.4 is 9.50 Å². The van der Waals surface area contributed by atoms with Gasteiger partial charge in [0.25, 0.3) is 5.91 Å². The van der Waals surface area contributed by atoms with Crippen LogP contribution in [-0.4, -0.2) is 37.1 Å². The number of likely N-dealkylation sites (N-methyl/N-ethyl adjacent to an activating group) is 1. The van der Waals surface area contributed by atoms with Crippen molar-refractivity contribution in [3.63, 3.8) is 0 Å². The molecule has 1 N–H and O–H groups in total. The Hall–Kier alpha value is -1.97. The number of benzene rings is 2. The van der Waals surface area contributed by atoms with Gasteiger partial charge in [-0.05, 0) is 54.5 Å². The van der Waals surface area contributed by atoms with Gasteiger partial charge in [0.15, 0.2) is 10.7 Å². The van der Waals surface area contributed by atoms with Crippen LogP contribution in [0.1, 0.15) is 18.1 Å². The number of halogens is 1. The van der Waals surface area contributed by atoms with E-state index >= 15 is 0 Å². The lowest BCUT2D eigenvalue weighted by molar-refractivity contribution is -0.124. The van der Waals surface area contributed by atoms with Gasteiger partial charge >= 0.3 is 10.1 Å². The standard InChI is InChI=1S/C18H17BrN2O4S2/c1-3-27(23,24)25-15-9-5-7-13(11-15)18(12-6-4-8-14(19)10-12)16(22)20-17(26)21(18)2/h4-11H,3H2,1-2H3,(H,20,22,26). The number of hydrogen-bond acceptors (Lipinski definition) is 5. The number of carbonyl (C=O) groups is 1. The first-order chi connectivity index (χ1) is 12.7. The number of rotatable bonds is 5. The third kappa shape index (κ3) is 3.46. The second kappa shape index (κ2) is 7.21. The third-order valence-electron chi connectivity index (χ3n) is 4.43. The summed E-state index contributed by atoms with van der Waals surface area (Å²) in [5.41, 5.74) is -0.00702. The largest absolute Gasteiger partial charge is 0.382 e. The van der Waals surface area contributed by atoms with Crippen molar-refractivity contribution in [1.82, 2.24) is 10.2 Å². The van der Waals surface area contributed by atoms with E-state index in [-0.39, 0.29) is 22.5 Å². The fourth-order valence-corrected chi connectivity index (χ4v) is 4.23. The van der Waals surface area contributed by atoms with Crippen molar-refractivity contribution in [3.05, 3.63) is 64.1 Å². The number of amides is 1. The smallest absolute Gasteiger partial charge is 0.308 e. The van der Waals surface area contributed by atoms with Crippen LogP contribution in [0.25, 0.3) is 0 Å². The van der Waals surface area contributed by atoms with Crippen molar-refractivity contribution in [1.29, 1.82) is 0 Å². The van der Waals surface area contributed by atoms with E-state index in [1.54, 1.807) is 30.1 Å². The Morgan fingerprint density at radius 1 is 1.19 bits per heavy atom. The highest BCUT2D eigenvalue weighted by atomic mass is 79.9. The molecule has 3 rings (SSSR count). The molecule has 1 fully saturated rings. The zero-order valence-corrected chi connectivity index (χ0v) is 17.8. The van der Waals surface area contributed by atoms with Crippen LogP contribution in [0.5, 0.6) is 5.75 Å². The van der Waals surface area contributed by atoms with Gasteiger partial charge < -0.3 is 14.4 Å².